The number of aromatic amines is 1. The van der Waals surface area contributed by atoms with E-state index in [1.165, 1.54) is 25.5 Å². The van der Waals surface area contributed by atoms with Gasteiger partial charge in [-0.05, 0) is 30.5 Å². The normalized spacial score (nSPS) is 16.4. The lowest BCUT2D eigenvalue weighted by Crippen LogP contribution is -2.27. The van der Waals surface area contributed by atoms with Crippen LogP contribution in [0.25, 0.3) is 10.9 Å². The minimum Gasteiger partial charge on any atom is -0.399 e. The summed E-state index contributed by atoms with van der Waals surface area (Å²) >= 11 is 0. The highest BCUT2D eigenvalue weighted by molar-refractivity contribution is 7.89. The van der Waals surface area contributed by atoms with Crippen LogP contribution in [0.5, 0.6) is 0 Å². The van der Waals surface area contributed by atoms with E-state index in [1.807, 2.05) is 0 Å². The number of hydrogen-bond donors (Lipinski definition) is 3. The van der Waals surface area contributed by atoms with Crippen molar-refractivity contribution in [3.05, 3.63) is 24.4 Å². The molecule has 1 aromatic carbocycles. The second-order valence-corrected chi connectivity index (χ2v) is 7.18. The molecule has 20 heavy (non-hydrogen) atoms. The molecule has 1 heterocycles. The predicted molar refractivity (Wildman–Crippen MR) is 79.9 cm³/mol. The van der Waals surface area contributed by atoms with Gasteiger partial charge in [-0.3, -0.25) is 0 Å². The molecule has 0 bridgehead atoms. The van der Waals surface area contributed by atoms with Crippen LogP contribution in [0.3, 0.4) is 0 Å². The molecule has 0 unspecified atom stereocenters. The second kappa shape index (κ2) is 5.10. The lowest BCUT2D eigenvalue weighted by Gasteiger charge is -2.25. The molecule has 4 N–H and O–H groups in total. The van der Waals surface area contributed by atoms with Gasteiger partial charge in [-0.2, -0.15) is 0 Å². The molecule has 5 nitrogen and oxygen atoms in total. The van der Waals surface area contributed by atoms with Gasteiger partial charge in [0, 0.05) is 29.3 Å². The van der Waals surface area contributed by atoms with Gasteiger partial charge in [0.2, 0.25) is 10.0 Å². The van der Waals surface area contributed by atoms with Gasteiger partial charge in [0.15, 0.2) is 0 Å². The number of nitrogens with one attached hydrogen (secondary N) is 2. The fourth-order valence-electron chi connectivity index (χ4n) is 2.59. The zero-order chi connectivity index (χ0) is 14.2. The zero-order valence-electron chi connectivity index (χ0n) is 11.2. The van der Waals surface area contributed by atoms with E-state index in [4.69, 9.17) is 5.73 Å². The number of nitrogens with two attached hydrogens (primary N) is 1. The van der Waals surface area contributed by atoms with Crippen molar-refractivity contribution in [1.29, 1.82) is 0 Å². The van der Waals surface area contributed by atoms with E-state index in [9.17, 15) is 8.42 Å². The second-order valence-electron chi connectivity index (χ2n) is 5.44. The van der Waals surface area contributed by atoms with E-state index in [2.05, 4.69) is 9.71 Å². The molecule has 1 saturated carbocycles. The van der Waals surface area contributed by atoms with Crippen molar-refractivity contribution < 1.29 is 8.42 Å². The number of rotatable bonds is 5. The Hall–Kier alpha value is -1.53. The molecule has 0 radical (unpaired) electrons. The Morgan fingerprint density at radius 1 is 1.35 bits per heavy atom. The van der Waals surface area contributed by atoms with Gasteiger partial charge >= 0.3 is 0 Å². The molecule has 0 aliphatic heterocycles. The zero-order valence-corrected chi connectivity index (χ0v) is 12.0. The molecular formula is C14H19N3O2S. The van der Waals surface area contributed by atoms with Crippen LogP contribution in [0.4, 0.5) is 5.69 Å². The average Bonchev–Trinajstić information content (AvgIpc) is 2.76. The van der Waals surface area contributed by atoms with Crippen LogP contribution >= 0.6 is 0 Å². The van der Waals surface area contributed by atoms with Crippen molar-refractivity contribution in [2.45, 2.75) is 30.6 Å². The molecule has 0 amide bonds. The van der Waals surface area contributed by atoms with E-state index in [0.717, 1.165) is 11.9 Å². The van der Waals surface area contributed by atoms with Gasteiger partial charge in [0.25, 0.3) is 0 Å². The van der Waals surface area contributed by atoms with Crippen LogP contribution in [0.15, 0.2) is 29.3 Å². The fourth-order valence-corrected chi connectivity index (χ4v) is 3.81. The Morgan fingerprint density at radius 3 is 2.85 bits per heavy atom. The maximum atomic E-state index is 12.3. The van der Waals surface area contributed by atoms with Crippen LogP contribution in [-0.2, 0) is 10.0 Å². The predicted octanol–water partition coefficient (Wildman–Crippen LogP) is 2.22. The van der Waals surface area contributed by atoms with Gasteiger partial charge in [-0.1, -0.05) is 19.3 Å². The number of nitrogen functional groups attached to an aromatic ring is 1. The highest BCUT2D eigenvalue weighted by Crippen LogP contribution is 2.29. The van der Waals surface area contributed by atoms with Crippen LogP contribution < -0.4 is 10.5 Å². The number of H-pyrrole nitrogens is 1. The Bertz CT molecular complexity index is 717. The Morgan fingerprint density at radius 2 is 2.15 bits per heavy atom. The summed E-state index contributed by atoms with van der Waals surface area (Å²) in [4.78, 5) is 3.24. The molecular weight excluding hydrogens is 274 g/mol. The molecule has 6 heteroatoms. The molecule has 2 aromatic rings. The maximum absolute atomic E-state index is 12.3. The van der Waals surface area contributed by atoms with Gasteiger partial charge in [-0.15, -0.1) is 0 Å². The molecule has 0 atom stereocenters. The lowest BCUT2D eigenvalue weighted by molar-refractivity contribution is 0.297. The van der Waals surface area contributed by atoms with Crippen LogP contribution in [0, 0.1) is 5.92 Å². The number of fused-ring (bicyclic) bond motifs is 1. The minimum absolute atomic E-state index is 0.272. The third-order valence-electron chi connectivity index (χ3n) is 4.03. The molecule has 1 aliphatic rings. The number of benzene rings is 1. The summed E-state index contributed by atoms with van der Waals surface area (Å²) in [6, 6.07) is 5.23. The summed E-state index contributed by atoms with van der Waals surface area (Å²) < 4.78 is 27.4. The SMILES string of the molecule is Nc1ccc2[nH]cc(S(=O)(=O)NCCC3CCC3)c2c1. The topological polar surface area (TPSA) is 88.0 Å². The first-order valence-electron chi connectivity index (χ1n) is 6.92. The van der Waals surface area contributed by atoms with Crippen molar-refractivity contribution >= 4 is 26.6 Å². The minimum atomic E-state index is -3.48. The number of hydrogen-bond acceptors (Lipinski definition) is 3. The Balaban J connectivity index is 1.79. The summed E-state index contributed by atoms with van der Waals surface area (Å²) in [5, 5.41) is 0.640. The molecule has 108 valence electrons. The van der Waals surface area contributed by atoms with E-state index >= 15 is 0 Å². The standard InChI is InChI=1S/C14H19N3O2S/c15-11-4-5-13-12(8-11)14(9-16-13)20(18,19)17-7-6-10-2-1-3-10/h4-5,8-10,16-17H,1-3,6-7,15H2. The summed E-state index contributed by atoms with van der Waals surface area (Å²) in [5.41, 5.74) is 7.07. The van der Waals surface area contributed by atoms with Crippen LogP contribution in [0.1, 0.15) is 25.7 Å². The molecule has 3 rings (SSSR count). The van der Waals surface area contributed by atoms with Crippen molar-refractivity contribution in [1.82, 2.24) is 9.71 Å². The van der Waals surface area contributed by atoms with Crippen LogP contribution in [0.2, 0.25) is 0 Å². The summed E-state index contributed by atoms with van der Waals surface area (Å²) in [5.74, 6) is 0.691. The molecule has 1 fully saturated rings. The highest BCUT2D eigenvalue weighted by atomic mass is 32.2. The average molecular weight is 293 g/mol. The van der Waals surface area contributed by atoms with E-state index < -0.39 is 10.0 Å². The van der Waals surface area contributed by atoms with Gasteiger partial charge in [0.1, 0.15) is 4.90 Å². The Labute approximate surface area is 118 Å². The molecule has 0 spiro atoms. The molecule has 1 aromatic heterocycles. The van der Waals surface area contributed by atoms with Gasteiger partial charge < -0.3 is 10.7 Å². The first-order valence-corrected chi connectivity index (χ1v) is 8.41. The first-order chi connectivity index (χ1) is 9.56. The summed E-state index contributed by atoms with van der Waals surface area (Å²) in [6.45, 7) is 0.502. The van der Waals surface area contributed by atoms with Gasteiger partial charge in [-0.25, -0.2) is 13.1 Å². The number of sulfonamides is 1. The van der Waals surface area contributed by atoms with E-state index in [-0.39, 0.29) is 4.90 Å². The quantitative estimate of drug-likeness (QED) is 0.739. The Kier molecular flexibility index (Phi) is 3.43. The molecule has 0 saturated heterocycles. The lowest BCUT2D eigenvalue weighted by atomic mass is 9.83. The van der Waals surface area contributed by atoms with Crippen molar-refractivity contribution in [3.63, 3.8) is 0 Å². The maximum Gasteiger partial charge on any atom is 0.242 e. The van der Waals surface area contributed by atoms with Gasteiger partial charge in [0.05, 0.1) is 0 Å². The number of anilines is 1. The third-order valence-corrected chi connectivity index (χ3v) is 5.53. The van der Waals surface area contributed by atoms with E-state index in [0.29, 0.717) is 23.5 Å². The monoisotopic (exact) mass is 293 g/mol. The largest absolute Gasteiger partial charge is 0.399 e. The van der Waals surface area contributed by atoms with Crippen molar-refractivity contribution in [3.8, 4) is 0 Å². The summed E-state index contributed by atoms with van der Waals surface area (Å²) in [7, 11) is -3.48. The van der Waals surface area contributed by atoms with Crippen molar-refractivity contribution in [2.75, 3.05) is 12.3 Å². The fraction of sp³-hybridized carbons (Fsp3) is 0.429. The van der Waals surface area contributed by atoms with E-state index in [1.54, 1.807) is 18.2 Å². The number of aromatic nitrogens is 1. The van der Waals surface area contributed by atoms with Crippen LogP contribution in [-0.4, -0.2) is 19.9 Å². The summed E-state index contributed by atoms with van der Waals surface area (Å²) in [6.07, 6.45) is 6.18. The highest BCUT2D eigenvalue weighted by Gasteiger charge is 2.21. The third kappa shape index (κ3) is 2.53. The smallest absolute Gasteiger partial charge is 0.242 e. The first kappa shape index (κ1) is 13.5. The van der Waals surface area contributed by atoms with Crippen molar-refractivity contribution in [2.24, 2.45) is 5.92 Å². The molecule has 1 aliphatic carbocycles.